The Bertz CT molecular complexity index is 333. The van der Waals surface area contributed by atoms with Crippen molar-refractivity contribution in [1.29, 1.82) is 0 Å². The number of primary amides is 1. The number of rotatable bonds is 4. The quantitative estimate of drug-likeness (QED) is 0.600. The van der Waals surface area contributed by atoms with Crippen molar-refractivity contribution in [2.24, 2.45) is 5.73 Å². The summed E-state index contributed by atoms with van der Waals surface area (Å²) in [7, 11) is 0. The minimum Gasteiger partial charge on any atom is -0.480 e. The molecule has 0 bridgehead atoms. The highest BCUT2D eigenvalue weighted by Crippen LogP contribution is 2.16. The van der Waals surface area contributed by atoms with Crippen molar-refractivity contribution < 1.29 is 24.2 Å². The van der Waals surface area contributed by atoms with Crippen LogP contribution in [0.25, 0.3) is 0 Å². The number of carboxylic acids is 1. The van der Waals surface area contributed by atoms with Gasteiger partial charge in [0.15, 0.2) is 0 Å². The van der Waals surface area contributed by atoms with Crippen LogP contribution in [0.4, 0.5) is 9.59 Å². The van der Waals surface area contributed by atoms with Gasteiger partial charge < -0.3 is 25.8 Å². The normalized spacial score (nSPS) is 19.1. The minimum atomic E-state index is -1.00. The first-order valence-electron chi connectivity index (χ1n) is 5.72. The van der Waals surface area contributed by atoms with E-state index in [1.165, 1.54) is 4.90 Å². The standard InChI is InChI=1S/C10H17N3O5/c11-9(16)18-6-4-12-10(17)13-5-2-1-3-7(13)8(14)15/h7H,1-6H2,(H2,11,16)(H,12,17)(H,14,15). The number of aliphatic carboxylic acids is 1. The zero-order valence-electron chi connectivity index (χ0n) is 9.92. The zero-order valence-corrected chi connectivity index (χ0v) is 9.92. The number of carbonyl (C=O) groups excluding carboxylic acids is 2. The van der Waals surface area contributed by atoms with Gasteiger partial charge in [-0.3, -0.25) is 0 Å². The molecule has 8 nitrogen and oxygen atoms in total. The number of hydrogen-bond acceptors (Lipinski definition) is 4. The molecule has 8 heteroatoms. The number of hydrogen-bond donors (Lipinski definition) is 3. The molecule has 1 heterocycles. The fourth-order valence-electron chi connectivity index (χ4n) is 1.84. The van der Waals surface area contributed by atoms with Gasteiger partial charge in [0.05, 0.1) is 6.54 Å². The number of piperidine rings is 1. The molecule has 1 fully saturated rings. The summed E-state index contributed by atoms with van der Waals surface area (Å²) in [5.41, 5.74) is 4.75. The van der Waals surface area contributed by atoms with Crippen molar-refractivity contribution in [1.82, 2.24) is 10.2 Å². The Labute approximate surface area is 104 Å². The Hall–Kier alpha value is -1.99. The lowest BCUT2D eigenvalue weighted by atomic mass is 10.0. The number of urea groups is 1. The van der Waals surface area contributed by atoms with Crippen LogP contribution in [-0.2, 0) is 9.53 Å². The van der Waals surface area contributed by atoms with Gasteiger partial charge in [-0.1, -0.05) is 0 Å². The summed E-state index contributed by atoms with van der Waals surface area (Å²) in [6.07, 6.45) is 1.13. The lowest BCUT2D eigenvalue weighted by molar-refractivity contribution is -0.143. The van der Waals surface area contributed by atoms with E-state index in [-0.39, 0.29) is 13.2 Å². The Kier molecular flexibility index (Phi) is 5.22. The second-order valence-corrected chi connectivity index (χ2v) is 3.94. The molecule has 0 aromatic carbocycles. The molecule has 3 amide bonds. The summed E-state index contributed by atoms with van der Waals surface area (Å²) in [5.74, 6) is -1.00. The van der Waals surface area contributed by atoms with E-state index in [0.29, 0.717) is 13.0 Å². The van der Waals surface area contributed by atoms with E-state index in [9.17, 15) is 14.4 Å². The van der Waals surface area contributed by atoms with Crippen LogP contribution in [0.5, 0.6) is 0 Å². The predicted molar refractivity (Wildman–Crippen MR) is 60.9 cm³/mol. The van der Waals surface area contributed by atoms with E-state index >= 15 is 0 Å². The average molecular weight is 259 g/mol. The summed E-state index contributed by atoms with van der Waals surface area (Å²) in [6.45, 7) is 0.483. The molecule has 1 aliphatic rings. The van der Waals surface area contributed by atoms with Crippen molar-refractivity contribution >= 4 is 18.1 Å². The number of amides is 3. The molecular weight excluding hydrogens is 242 g/mol. The summed E-state index contributed by atoms with van der Waals surface area (Å²) in [5, 5.41) is 11.5. The minimum absolute atomic E-state index is 0.0351. The van der Waals surface area contributed by atoms with E-state index in [0.717, 1.165) is 12.8 Å². The van der Waals surface area contributed by atoms with Crippen LogP contribution < -0.4 is 11.1 Å². The number of nitrogens with one attached hydrogen (secondary N) is 1. The molecule has 1 rings (SSSR count). The van der Waals surface area contributed by atoms with E-state index in [4.69, 9.17) is 10.8 Å². The summed E-state index contributed by atoms with van der Waals surface area (Å²) in [4.78, 5) is 34.3. The molecule has 0 aromatic heterocycles. The molecule has 0 aliphatic carbocycles. The molecule has 1 unspecified atom stereocenters. The SMILES string of the molecule is NC(=O)OCCNC(=O)N1CCCCC1C(=O)O. The van der Waals surface area contributed by atoms with Gasteiger partial charge in [0.1, 0.15) is 12.6 Å². The van der Waals surface area contributed by atoms with Crippen LogP contribution >= 0.6 is 0 Å². The second-order valence-electron chi connectivity index (χ2n) is 3.94. The van der Waals surface area contributed by atoms with Gasteiger partial charge in [-0.2, -0.15) is 0 Å². The highest BCUT2D eigenvalue weighted by Gasteiger charge is 2.31. The maximum absolute atomic E-state index is 11.7. The van der Waals surface area contributed by atoms with Gasteiger partial charge in [0, 0.05) is 6.54 Å². The molecule has 1 atom stereocenters. The van der Waals surface area contributed by atoms with Crippen LogP contribution in [0.1, 0.15) is 19.3 Å². The van der Waals surface area contributed by atoms with Crippen molar-refractivity contribution in [3.8, 4) is 0 Å². The first-order chi connectivity index (χ1) is 8.52. The number of carboxylic acid groups (broad SMARTS) is 1. The number of nitrogens with zero attached hydrogens (tertiary/aromatic N) is 1. The highest BCUT2D eigenvalue weighted by atomic mass is 16.5. The smallest absolute Gasteiger partial charge is 0.404 e. The molecule has 4 N–H and O–H groups in total. The molecule has 1 saturated heterocycles. The summed E-state index contributed by atoms with van der Waals surface area (Å²) in [6, 6.07) is -1.24. The van der Waals surface area contributed by atoms with Gasteiger partial charge in [0.25, 0.3) is 0 Å². The predicted octanol–water partition coefficient (Wildman–Crippen LogP) is -0.270. The lowest BCUT2D eigenvalue weighted by Gasteiger charge is -2.32. The van der Waals surface area contributed by atoms with E-state index in [1.807, 2.05) is 0 Å². The fraction of sp³-hybridized carbons (Fsp3) is 0.700. The lowest BCUT2D eigenvalue weighted by Crippen LogP contribution is -2.52. The van der Waals surface area contributed by atoms with Gasteiger partial charge in [-0.05, 0) is 19.3 Å². The van der Waals surface area contributed by atoms with Crippen molar-refractivity contribution in [2.45, 2.75) is 25.3 Å². The maximum Gasteiger partial charge on any atom is 0.404 e. The van der Waals surface area contributed by atoms with Crippen LogP contribution in [0.15, 0.2) is 0 Å². The van der Waals surface area contributed by atoms with Gasteiger partial charge in [-0.25, -0.2) is 14.4 Å². The first-order valence-corrected chi connectivity index (χ1v) is 5.72. The number of ether oxygens (including phenoxy) is 1. The third-order valence-electron chi connectivity index (χ3n) is 2.67. The average Bonchev–Trinajstić information content (AvgIpc) is 2.34. The molecule has 102 valence electrons. The molecule has 18 heavy (non-hydrogen) atoms. The van der Waals surface area contributed by atoms with Gasteiger partial charge >= 0.3 is 18.1 Å². The van der Waals surface area contributed by atoms with Crippen molar-refractivity contribution in [2.75, 3.05) is 19.7 Å². The van der Waals surface area contributed by atoms with Crippen molar-refractivity contribution in [3.05, 3.63) is 0 Å². The van der Waals surface area contributed by atoms with Crippen molar-refractivity contribution in [3.63, 3.8) is 0 Å². The summed E-state index contributed by atoms with van der Waals surface area (Å²) >= 11 is 0. The maximum atomic E-state index is 11.7. The molecular formula is C10H17N3O5. The third kappa shape index (κ3) is 4.11. The monoisotopic (exact) mass is 259 g/mol. The first kappa shape index (κ1) is 14.1. The largest absolute Gasteiger partial charge is 0.480 e. The van der Waals surface area contributed by atoms with Crippen LogP contribution in [0.3, 0.4) is 0 Å². The molecule has 0 spiro atoms. The van der Waals surface area contributed by atoms with Crippen LogP contribution in [-0.4, -0.2) is 53.8 Å². The number of carbonyl (C=O) groups is 3. The molecule has 1 aliphatic heterocycles. The second kappa shape index (κ2) is 6.67. The van der Waals surface area contributed by atoms with Gasteiger partial charge in [0.2, 0.25) is 0 Å². The zero-order chi connectivity index (χ0) is 13.5. The Morgan fingerprint density at radius 2 is 2.11 bits per heavy atom. The van der Waals surface area contributed by atoms with E-state index in [2.05, 4.69) is 10.1 Å². The number of likely N-dealkylation sites (tertiary alicyclic amines) is 1. The van der Waals surface area contributed by atoms with E-state index < -0.39 is 24.1 Å². The third-order valence-corrected chi connectivity index (χ3v) is 2.67. The van der Waals surface area contributed by atoms with Crippen LogP contribution in [0, 0.1) is 0 Å². The Morgan fingerprint density at radius 3 is 2.72 bits per heavy atom. The molecule has 0 aromatic rings. The summed E-state index contributed by atoms with van der Waals surface area (Å²) < 4.78 is 4.44. The van der Waals surface area contributed by atoms with Gasteiger partial charge in [-0.15, -0.1) is 0 Å². The van der Waals surface area contributed by atoms with Crippen LogP contribution in [0.2, 0.25) is 0 Å². The Balaban J connectivity index is 2.38. The Morgan fingerprint density at radius 1 is 1.39 bits per heavy atom. The highest BCUT2D eigenvalue weighted by molar-refractivity contribution is 5.82. The molecule has 0 radical (unpaired) electrons. The molecule has 0 saturated carbocycles. The topological polar surface area (TPSA) is 122 Å². The number of nitrogens with two attached hydrogens (primary N) is 1. The van der Waals surface area contributed by atoms with E-state index in [1.54, 1.807) is 0 Å². The fourth-order valence-corrected chi connectivity index (χ4v) is 1.84.